The molecule has 108 valence electrons. The average Bonchev–Trinajstić information content (AvgIpc) is 2.44. The van der Waals surface area contributed by atoms with Crippen molar-refractivity contribution in [2.45, 2.75) is 23.6 Å². The highest BCUT2D eigenvalue weighted by Crippen LogP contribution is 2.23. The van der Waals surface area contributed by atoms with E-state index in [4.69, 9.17) is 0 Å². The highest BCUT2D eigenvalue weighted by Gasteiger charge is 2.19. The molecular formula is C15H18BrNO2S. The largest absolute Gasteiger partial charge is 0.241 e. The van der Waals surface area contributed by atoms with Crippen LogP contribution in [0.5, 0.6) is 0 Å². The normalized spacial score (nSPS) is 13.8. The van der Waals surface area contributed by atoms with E-state index in [-0.39, 0.29) is 4.83 Å². The third-order valence-corrected chi connectivity index (χ3v) is 6.09. The molecule has 1 N–H and O–H groups in total. The molecule has 0 saturated carbocycles. The fraction of sp³-hybridized carbons (Fsp3) is 0.333. The number of hydrogen-bond acceptors (Lipinski definition) is 2. The van der Waals surface area contributed by atoms with E-state index in [0.717, 1.165) is 10.8 Å². The van der Waals surface area contributed by atoms with Gasteiger partial charge in [0, 0.05) is 16.8 Å². The molecule has 0 aliphatic carbocycles. The predicted molar refractivity (Wildman–Crippen MR) is 86.7 cm³/mol. The first-order valence-corrected chi connectivity index (χ1v) is 8.93. The lowest BCUT2D eigenvalue weighted by Gasteiger charge is -2.15. The Kier molecular flexibility index (Phi) is 4.83. The lowest BCUT2D eigenvalue weighted by molar-refractivity contribution is 0.563. The molecule has 0 aliphatic heterocycles. The van der Waals surface area contributed by atoms with Crippen molar-refractivity contribution in [1.29, 1.82) is 0 Å². The minimum absolute atomic E-state index is 0.118. The van der Waals surface area contributed by atoms with Crippen LogP contribution in [0, 0.1) is 5.92 Å². The van der Waals surface area contributed by atoms with Gasteiger partial charge in [-0.05, 0) is 17.4 Å². The van der Waals surface area contributed by atoms with Crippen molar-refractivity contribution < 1.29 is 8.42 Å². The number of rotatable bonds is 5. The second-order valence-electron chi connectivity index (χ2n) is 5.09. The van der Waals surface area contributed by atoms with Crippen LogP contribution >= 0.6 is 15.9 Å². The van der Waals surface area contributed by atoms with Gasteiger partial charge in [0.25, 0.3) is 0 Å². The first kappa shape index (κ1) is 15.5. The van der Waals surface area contributed by atoms with Crippen LogP contribution < -0.4 is 4.72 Å². The molecule has 2 aromatic rings. The molecule has 0 aliphatic rings. The summed E-state index contributed by atoms with van der Waals surface area (Å²) in [5.41, 5.74) is 0. The van der Waals surface area contributed by atoms with E-state index >= 15 is 0 Å². The van der Waals surface area contributed by atoms with E-state index in [2.05, 4.69) is 20.7 Å². The number of alkyl halides is 1. The molecule has 2 aromatic carbocycles. The van der Waals surface area contributed by atoms with Gasteiger partial charge in [0.1, 0.15) is 0 Å². The van der Waals surface area contributed by atoms with Crippen LogP contribution in [-0.4, -0.2) is 19.8 Å². The van der Waals surface area contributed by atoms with Crippen molar-refractivity contribution in [1.82, 2.24) is 4.72 Å². The highest BCUT2D eigenvalue weighted by atomic mass is 79.9. The summed E-state index contributed by atoms with van der Waals surface area (Å²) in [6, 6.07) is 12.8. The van der Waals surface area contributed by atoms with Gasteiger partial charge in [0.15, 0.2) is 0 Å². The Balaban J connectivity index is 2.33. The standard InChI is InChI=1S/C15H18BrNO2S/c1-11(2)14(16)10-17-20(18,19)15-9-5-7-12-6-3-4-8-13(12)15/h3-9,11,14,17H,10H2,1-2H3. The van der Waals surface area contributed by atoms with Crippen molar-refractivity contribution in [3.63, 3.8) is 0 Å². The molecule has 20 heavy (non-hydrogen) atoms. The van der Waals surface area contributed by atoms with Gasteiger partial charge in [-0.2, -0.15) is 0 Å². The molecule has 2 rings (SSSR count). The topological polar surface area (TPSA) is 46.2 Å². The van der Waals surface area contributed by atoms with E-state index in [1.54, 1.807) is 12.1 Å². The van der Waals surface area contributed by atoms with E-state index in [0.29, 0.717) is 17.4 Å². The molecule has 0 aromatic heterocycles. The fourth-order valence-electron chi connectivity index (χ4n) is 1.93. The SMILES string of the molecule is CC(C)C(Br)CNS(=O)(=O)c1cccc2ccccc12. The summed E-state index contributed by atoms with van der Waals surface area (Å²) in [5, 5.41) is 1.67. The van der Waals surface area contributed by atoms with Crippen LogP contribution in [0.3, 0.4) is 0 Å². The first-order chi connectivity index (χ1) is 9.42. The van der Waals surface area contributed by atoms with Gasteiger partial charge in [-0.1, -0.05) is 66.2 Å². The Morgan fingerprint density at radius 1 is 1.10 bits per heavy atom. The number of halogens is 1. The van der Waals surface area contributed by atoms with Gasteiger partial charge in [-0.3, -0.25) is 0 Å². The Morgan fingerprint density at radius 2 is 1.75 bits per heavy atom. The summed E-state index contributed by atoms with van der Waals surface area (Å²) in [4.78, 5) is 0.450. The van der Waals surface area contributed by atoms with E-state index in [9.17, 15) is 8.42 Å². The molecule has 0 heterocycles. The highest BCUT2D eigenvalue weighted by molar-refractivity contribution is 9.09. The van der Waals surface area contributed by atoms with Crippen LogP contribution in [0.25, 0.3) is 10.8 Å². The van der Waals surface area contributed by atoms with Crippen molar-refractivity contribution in [3.05, 3.63) is 42.5 Å². The molecule has 0 bridgehead atoms. The van der Waals surface area contributed by atoms with E-state index in [1.165, 1.54) is 0 Å². The molecule has 0 saturated heterocycles. The van der Waals surface area contributed by atoms with Crippen LogP contribution in [0.2, 0.25) is 0 Å². The number of hydrogen-bond donors (Lipinski definition) is 1. The molecule has 3 nitrogen and oxygen atoms in total. The smallest absolute Gasteiger partial charge is 0.210 e. The maximum Gasteiger partial charge on any atom is 0.241 e. The third kappa shape index (κ3) is 3.40. The Labute approximate surface area is 128 Å². The quantitative estimate of drug-likeness (QED) is 0.833. The van der Waals surface area contributed by atoms with Gasteiger partial charge in [0.2, 0.25) is 10.0 Å². The zero-order chi connectivity index (χ0) is 14.8. The maximum atomic E-state index is 12.4. The molecular weight excluding hydrogens is 338 g/mol. The van der Waals surface area contributed by atoms with Crippen LogP contribution in [0.1, 0.15) is 13.8 Å². The van der Waals surface area contributed by atoms with E-state index < -0.39 is 10.0 Å². The number of sulfonamides is 1. The van der Waals surface area contributed by atoms with Crippen LogP contribution in [0.4, 0.5) is 0 Å². The Morgan fingerprint density at radius 3 is 2.45 bits per heavy atom. The fourth-order valence-corrected chi connectivity index (χ4v) is 3.60. The molecule has 0 radical (unpaired) electrons. The van der Waals surface area contributed by atoms with Crippen molar-refractivity contribution in [2.75, 3.05) is 6.54 Å². The summed E-state index contributed by atoms with van der Waals surface area (Å²) in [6.07, 6.45) is 0. The first-order valence-electron chi connectivity index (χ1n) is 6.53. The van der Waals surface area contributed by atoms with Gasteiger partial charge in [0.05, 0.1) is 4.90 Å². The zero-order valence-corrected chi connectivity index (χ0v) is 13.9. The van der Waals surface area contributed by atoms with Gasteiger partial charge in [-0.15, -0.1) is 0 Å². The molecule has 5 heteroatoms. The van der Waals surface area contributed by atoms with E-state index in [1.807, 2.05) is 44.2 Å². The van der Waals surface area contributed by atoms with Gasteiger partial charge in [-0.25, -0.2) is 13.1 Å². The molecule has 1 atom stereocenters. The van der Waals surface area contributed by atoms with Crippen molar-refractivity contribution in [2.24, 2.45) is 5.92 Å². The van der Waals surface area contributed by atoms with Gasteiger partial charge < -0.3 is 0 Å². The summed E-state index contributed by atoms with van der Waals surface area (Å²) in [7, 11) is -3.50. The third-order valence-electron chi connectivity index (χ3n) is 3.23. The zero-order valence-electron chi connectivity index (χ0n) is 11.5. The van der Waals surface area contributed by atoms with Crippen molar-refractivity contribution >= 4 is 36.7 Å². The number of benzene rings is 2. The maximum absolute atomic E-state index is 12.4. The second-order valence-corrected chi connectivity index (χ2v) is 8.00. The minimum atomic E-state index is -3.50. The number of fused-ring (bicyclic) bond motifs is 1. The van der Waals surface area contributed by atoms with Gasteiger partial charge >= 0.3 is 0 Å². The minimum Gasteiger partial charge on any atom is -0.210 e. The van der Waals surface area contributed by atoms with Crippen LogP contribution in [-0.2, 0) is 10.0 Å². The average molecular weight is 356 g/mol. The van der Waals surface area contributed by atoms with Crippen molar-refractivity contribution in [3.8, 4) is 0 Å². The summed E-state index contributed by atoms with van der Waals surface area (Å²) in [5.74, 6) is 0.366. The monoisotopic (exact) mass is 355 g/mol. The second kappa shape index (κ2) is 6.24. The summed E-state index contributed by atoms with van der Waals surface area (Å²) in [6.45, 7) is 4.47. The lowest BCUT2D eigenvalue weighted by atomic mass is 10.1. The van der Waals surface area contributed by atoms with Crippen LogP contribution in [0.15, 0.2) is 47.4 Å². The lowest BCUT2D eigenvalue weighted by Crippen LogP contribution is -2.31. The molecule has 0 amide bonds. The Bertz CT molecular complexity index is 693. The molecule has 0 fully saturated rings. The summed E-state index contributed by atoms with van der Waals surface area (Å²) >= 11 is 3.49. The summed E-state index contributed by atoms with van der Waals surface area (Å²) < 4.78 is 27.6. The molecule has 0 spiro atoms. The Hall–Kier alpha value is -0.910. The predicted octanol–water partition coefficient (Wildman–Crippen LogP) is 3.54. The number of nitrogens with one attached hydrogen (secondary N) is 1. The molecule has 1 unspecified atom stereocenters.